The van der Waals surface area contributed by atoms with Crippen LogP contribution in [0.5, 0.6) is 0 Å². The summed E-state index contributed by atoms with van der Waals surface area (Å²) in [5, 5.41) is 2.22. The molecule has 1 aliphatic rings. The maximum absolute atomic E-state index is 12.1. The van der Waals surface area contributed by atoms with Crippen LogP contribution < -0.4 is 0 Å². The van der Waals surface area contributed by atoms with Crippen molar-refractivity contribution in [3.05, 3.63) is 23.5 Å². The van der Waals surface area contributed by atoms with E-state index in [1.807, 2.05) is 33.9 Å². The van der Waals surface area contributed by atoms with E-state index in [9.17, 15) is 4.79 Å². The van der Waals surface area contributed by atoms with Crippen LogP contribution in [0, 0.1) is 0 Å². The van der Waals surface area contributed by atoms with Crippen LogP contribution in [0.4, 0.5) is 0 Å². The highest BCUT2D eigenvalue weighted by molar-refractivity contribution is 8.00. The topological polar surface area (TPSA) is 34.4 Å². The lowest BCUT2D eigenvalue weighted by Crippen LogP contribution is -2.22. The second-order valence-electron chi connectivity index (χ2n) is 4.32. The Bertz CT molecular complexity index is 497. The number of carbonyl (C=O) groups excluding carboxylic acids is 1. The van der Waals surface area contributed by atoms with Crippen molar-refractivity contribution in [3.8, 4) is 0 Å². The van der Waals surface area contributed by atoms with Crippen LogP contribution in [0.3, 0.4) is 0 Å². The van der Waals surface area contributed by atoms with Gasteiger partial charge in [-0.05, 0) is 18.6 Å². The number of carbonyl (C=O) groups is 1. The summed E-state index contributed by atoms with van der Waals surface area (Å²) in [5.74, 6) is 1.48. The number of thiazole rings is 1. The van der Waals surface area contributed by atoms with Crippen LogP contribution >= 0.6 is 23.1 Å². The molecule has 1 saturated heterocycles. The smallest absolute Gasteiger partial charge is 0.193 e. The zero-order valence-corrected chi connectivity index (χ0v) is 11.1. The number of rotatable bonds is 3. The van der Waals surface area contributed by atoms with E-state index in [2.05, 4.69) is 4.98 Å². The van der Waals surface area contributed by atoms with Crippen LogP contribution in [-0.2, 0) is 11.2 Å². The van der Waals surface area contributed by atoms with Crippen LogP contribution in [-0.4, -0.2) is 26.2 Å². The molecular formula is C12H14N2OS2. The number of imidazole rings is 1. The van der Waals surface area contributed by atoms with Crippen molar-refractivity contribution < 1.29 is 4.79 Å². The molecule has 0 radical (unpaired) electrons. The lowest BCUT2D eigenvalue weighted by atomic mass is 10.1. The van der Waals surface area contributed by atoms with Gasteiger partial charge in [-0.3, -0.25) is 9.20 Å². The average Bonchev–Trinajstić information content (AvgIpc) is 2.90. The van der Waals surface area contributed by atoms with Gasteiger partial charge < -0.3 is 0 Å². The quantitative estimate of drug-likeness (QED) is 0.856. The van der Waals surface area contributed by atoms with Gasteiger partial charge in [-0.25, -0.2) is 4.98 Å². The first-order valence-electron chi connectivity index (χ1n) is 5.88. The van der Waals surface area contributed by atoms with Gasteiger partial charge in [0.05, 0.1) is 17.4 Å². The minimum atomic E-state index is 0.212. The average molecular weight is 266 g/mol. The van der Waals surface area contributed by atoms with Gasteiger partial charge in [-0.2, -0.15) is 11.8 Å². The molecule has 3 rings (SSSR count). The minimum absolute atomic E-state index is 0.212. The van der Waals surface area contributed by atoms with Gasteiger partial charge in [-0.15, -0.1) is 11.3 Å². The Hall–Kier alpha value is -0.810. The van der Waals surface area contributed by atoms with Crippen LogP contribution in [0.15, 0.2) is 17.8 Å². The first-order valence-corrected chi connectivity index (χ1v) is 7.81. The largest absolute Gasteiger partial charge is 0.298 e. The van der Waals surface area contributed by atoms with Crippen molar-refractivity contribution in [2.24, 2.45) is 0 Å². The molecule has 1 atom stereocenters. The molecule has 17 heavy (non-hydrogen) atoms. The van der Waals surface area contributed by atoms with E-state index in [1.54, 1.807) is 11.3 Å². The third-order valence-corrected chi connectivity index (χ3v) is 5.23. The fraction of sp³-hybridized carbons (Fsp3) is 0.500. The summed E-state index contributed by atoms with van der Waals surface area (Å²) < 4.78 is 1.99. The summed E-state index contributed by atoms with van der Waals surface area (Å²) in [6.07, 6.45) is 7.95. The lowest BCUT2D eigenvalue weighted by Gasteiger charge is -2.19. The molecule has 0 spiro atoms. The van der Waals surface area contributed by atoms with E-state index in [0.29, 0.717) is 12.2 Å². The summed E-state index contributed by atoms with van der Waals surface area (Å²) in [6.45, 7) is 0. The Morgan fingerprint density at radius 3 is 3.24 bits per heavy atom. The third kappa shape index (κ3) is 2.40. The molecule has 3 nitrogen and oxygen atoms in total. The summed E-state index contributed by atoms with van der Waals surface area (Å²) in [6, 6.07) is 0. The molecule has 90 valence electrons. The predicted octanol–water partition coefficient (Wildman–Crippen LogP) is 2.79. The number of nitrogens with zero attached hydrogens (tertiary/aromatic N) is 2. The normalized spacial score (nSPS) is 20.8. The van der Waals surface area contributed by atoms with Gasteiger partial charge in [0.2, 0.25) is 0 Å². The molecule has 2 aromatic heterocycles. The number of ketones is 1. The Balaban J connectivity index is 1.69. The van der Waals surface area contributed by atoms with E-state index in [-0.39, 0.29) is 5.25 Å². The van der Waals surface area contributed by atoms with Gasteiger partial charge in [0.15, 0.2) is 10.7 Å². The molecule has 0 saturated carbocycles. The van der Waals surface area contributed by atoms with E-state index in [4.69, 9.17) is 0 Å². The van der Waals surface area contributed by atoms with Gasteiger partial charge in [-0.1, -0.05) is 6.42 Å². The minimum Gasteiger partial charge on any atom is -0.298 e. The van der Waals surface area contributed by atoms with Crippen molar-refractivity contribution in [2.75, 3.05) is 5.75 Å². The summed E-state index contributed by atoms with van der Waals surface area (Å²) >= 11 is 3.42. The van der Waals surface area contributed by atoms with E-state index >= 15 is 0 Å². The number of fused-ring (bicyclic) bond motifs is 1. The summed E-state index contributed by atoms with van der Waals surface area (Å²) in [5.41, 5.74) is 0.910. The maximum atomic E-state index is 12.1. The fourth-order valence-electron chi connectivity index (χ4n) is 2.15. The van der Waals surface area contributed by atoms with Crippen molar-refractivity contribution >= 4 is 33.8 Å². The first kappa shape index (κ1) is 11.3. The standard InChI is InChI=1S/C12H14N2OS2/c15-10(11-3-1-2-5-16-11)7-9-8-14-4-6-17-12(14)13-9/h4,6,8,11H,1-3,5,7H2. The SMILES string of the molecule is O=C(Cc1cn2ccsc2n1)C1CCCCS1. The molecule has 2 aromatic rings. The van der Waals surface area contributed by atoms with Gasteiger partial charge >= 0.3 is 0 Å². The molecular weight excluding hydrogens is 252 g/mol. The highest BCUT2D eigenvalue weighted by Gasteiger charge is 2.22. The summed E-state index contributed by atoms with van der Waals surface area (Å²) in [7, 11) is 0. The molecule has 0 bridgehead atoms. The van der Waals surface area contributed by atoms with Crippen molar-refractivity contribution in [1.82, 2.24) is 9.38 Å². The number of Topliss-reactive ketones (excluding diaryl/α,β-unsaturated/α-hetero) is 1. The Morgan fingerprint density at radius 2 is 2.47 bits per heavy atom. The number of hydrogen-bond acceptors (Lipinski definition) is 4. The monoisotopic (exact) mass is 266 g/mol. The molecule has 1 unspecified atom stereocenters. The molecule has 0 N–H and O–H groups in total. The molecule has 0 aliphatic carbocycles. The molecule has 0 aromatic carbocycles. The van der Waals surface area contributed by atoms with Crippen molar-refractivity contribution in [1.29, 1.82) is 0 Å². The van der Waals surface area contributed by atoms with Crippen molar-refractivity contribution in [2.45, 2.75) is 30.9 Å². The molecule has 5 heteroatoms. The van der Waals surface area contributed by atoms with Gasteiger partial charge in [0, 0.05) is 17.8 Å². The van der Waals surface area contributed by atoms with Crippen LogP contribution in [0.2, 0.25) is 0 Å². The zero-order valence-electron chi connectivity index (χ0n) is 9.46. The highest BCUT2D eigenvalue weighted by atomic mass is 32.2. The predicted molar refractivity (Wildman–Crippen MR) is 71.9 cm³/mol. The second kappa shape index (κ2) is 4.82. The second-order valence-corrected chi connectivity index (χ2v) is 6.51. The molecule has 0 amide bonds. The Kier molecular flexibility index (Phi) is 3.20. The first-order chi connectivity index (χ1) is 8.33. The third-order valence-electron chi connectivity index (χ3n) is 3.04. The zero-order chi connectivity index (χ0) is 11.7. The summed E-state index contributed by atoms with van der Waals surface area (Å²) in [4.78, 5) is 17.5. The maximum Gasteiger partial charge on any atom is 0.193 e. The lowest BCUT2D eigenvalue weighted by molar-refractivity contribution is -0.118. The molecule has 1 aliphatic heterocycles. The van der Waals surface area contributed by atoms with E-state index in [1.165, 1.54) is 12.8 Å². The molecule has 1 fully saturated rings. The van der Waals surface area contributed by atoms with E-state index < -0.39 is 0 Å². The van der Waals surface area contributed by atoms with Gasteiger partial charge in [0.25, 0.3) is 0 Å². The Morgan fingerprint density at radius 1 is 1.53 bits per heavy atom. The number of aromatic nitrogens is 2. The Labute approximate surface area is 108 Å². The van der Waals surface area contributed by atoms with Crippen LogP contribution in [0.1, 0.15) is 25.0 Å². The number of hydrogen-bond donors (Lipinski definition) is 0. The molecule has 3 heterocycles. The fourth-order valence-corrected chi connectivity index (χ4v) is 4.13. The highest BCUT2D eigenvalue weighted by Crippen LogP contribution is 2.26. The van der Waals surface area contributed by atoms with Gasteiger partial charge in [0.1, 0.15) is 0 Å². The van der Waals surface area contributed by atoms with E-state index in [0.717, 1.165) is 22.8 Å². The number of thioether (sulfide) groups is 1. The van der Waals surface area contributed by atoms with Crippen LogP contribution in [0.25, 0.3) is 4.96 Å². The van der Waals surface area contributed by atoms with Crippen molar-refractivity contribution in [3.63, 3.8) is 0 Å².